The van der Waals surface area contributed by atoms with Gasteiger partial charge in [0.05, 0.1) is 26.3 Å². The van der Waals surface area contributed by atoms with Crippen LogP contribution >= 0.6 is 0 Å². The summed E-state index contributed by atoms with van der Waals surface area (Å²) in [5, 5.41) is 2.27. The van der Waals surface area contributed by atoms with Crippen molar-refractivity contribution < 1.29 is 27.0 Å². The maximum Gasteiger partial charge on any atom is 0.0993 e. The molecule has 0 unspecified atom stereocenters. The highest BCUT2D eigenvalue weighted by Gasteiger charge is 1.96. The van der Waals surface area contributed by atoms with Crippen LogP contribution in [-0.4, -0.2) is 26.3 Å². The van der Waals surface area contributed by atoms with E-state index >= 15 is 0 Å². The summed E-state index contributed by atoms with van der Waals surface area (Å²) in [5.41, 5.74) is 0. The molecule has 0 amide bonds. The van der Waals surface area contributed by atoms with Crippen LogP contribution in [0.25, 0.3) is 0 Å². The van der Waals surface area contributed by atoms with Crippen molar-refractivity contribution in [3.05, 3.63) is 0 Å². The van der Waals surface area contributed by atoms with E-state index in [9.17, 15) is 0 Å². The van der Waals surface area contributed by atoms with E-state index in [0.717, 1.165) is 26.3 Å². The average Bonchev–Trinajstić information content (AvgIpc) is 1.72. The predicted molar refractivity (Wildman–Crippen MR) is 22.5 cm³/mol. The molecule has 0 aromatic rings. The second-order valence-corrected chi connectivity index (χ2v) is 1.48. The van der Waals surface area contributed by atoms with Gasteiger partial charge in [0, 0.05) is 0 Å². The third kappa shape index (κ3) is 3.02. The Balaban J connectivity index is 0.000000360. The lowest BCUT2D eigenvalue weighted by molar-refractivity contribution is -0.670. The van der Waals surface area contributed by atoms with Crippen molar-refractivity contribution in [2.24, 2.45) is 0 Å². The maximum absolute atomic E-state index is 5.04. The first kappa shape index (κ1) is 7.40. The van der Waals surface area contributed by atoms with Crippen LogP contribution in [0, 0.1) is 0 Å². The average molecular weight is 168 g/mol. The van der Waals surface area contributed by atoms with Crippen molar-refractivity contribution in [2.75, 3.05) is 26.3 Å². The number of halogens is 1. The molecule has 44 valence electrons. The molecular weight excluding hydrogens is 158 g/mol. The molecular formula is C4H10BrNO. The second kappa shape index (κ2) is 4.56. The molecule has 2 N–H and O–H groups in total. The van der Waals surface area contributed by atoms with E-state index in [4.69, 9.17) is 4.74 Å². The first-order chi connectivity index (χ1) is 3.00. The predicted octanol–water partition coefficient (Wildman–Crippen LogP) is -4.42. The molecule has 7 heavy (non-hydrogen) atoms. The number of nitrogens with two attached hydrogens (primary N) is 1. The van der Waals surface area contributed by atoms with Crippen LogP contribution in [0.15, 0.2) is 0 Å². The third-order valence-corrected chi connectivity index (χ3v) is 0.933. The highest BCUT2D eigenvalue weighted by molar-refractivity contribution is 4.30. The quantitative estimate of drug-likeness (QED) is 0.388. The lowest BCUT2D eigenvalue weighted by atomic mass is 10.5. The molecule has 0 radical (unpaired) electrons. The van der Waals surface area contributed by atoms with E-state index in [-0.39, 0.29) is 17.0 Å². The van der Waals surface area contributed by atoms with E-state index in [1.165, 1.54) is 0 Å². The zero-order chi connectivity index (χ0) is 4.24. The summed E-state index contributed by atoms with van der Waals surface area (Å²) < 4.78 is 5.04. The smallest absolute Gasteiger partial charge is 0.0993 e. The Bertz CT molecular complexity index is 27.2. The number of ether oxygens (including phenoxy) is 1. The van der Waals surface area contributed by atoms with Crippen LogP contribution in [0.3, 0.4) is 0 Å². The summed E-state index contributed by atoms with van der Waals surface area (Å²) in [4.78, 5) is 0. The first-order valence-corrected chi connectivity index (χ1v) is 2.39. The first-order valence-electron chi connectivity index (χ1n) is 2.39. The largest absolute Gasteiger partial charge is 1.00 e. The standard InChI is InChI=1S/C4H9NO.BrH/c1-3-6-4-2-5-1;/h5H,1-4H2;1H. The molecule has 0 bridgehead atoms. The maximum atomic E-state index is 5.04. The summed E-state index contributed by atoms with van der Waals surface area (Å²) in [5.74, 6) is 0. The summed E-state index contributed by atoms with van der Waals surface area (Å²) >= 11 is 0. The van der Waals surface area contributed by atoms with Crippen LogP contribution in [0.4, 0.5) is 0 Å². The molecule has 1 fully saturated rings. The molecule has 0 spiro atoms. The molecule has 3 heteroatoms. The molecule has 1 rings (SSSR count). The van der Waals surface area contributed by atoms with Gasteiger partial charge in [-0.3, -0.25) is 0 Å². The topological polar surface area (TPSA) is 25.8 Å². The van der Waals surface area contributed by atoms with Crippen LogP contribution in [0.2, 0.25) is 0 Å². The molecule has 0 atom stereocenters. The van der Waals surface area contributed by atoms with E-state index in [0.29, 0.717) is 0 Å². The fraction of sp³-hybridized carbons (Fsp3) is 1.00. The molecule has 0 saturated carbocycles. The van der Waals surface area contributed by atoms with Crippen molar-refractivity contribution in [2.45, 2.75) is 0 Å². The Labute approximate surface area is 54.0 Å². The highest BCUT2D eigenvalue weighted by Crippen LogP contribution is 1.69. The van der Waals surface area contributed by atoms with Gasteiger partial charge in [0.1, 0.15) is 0 Å². The van der Waals surface area contributed by atoms with Crippen LogP contribution in [0.5, 0.6) is 0 Å². The molecule has 0 aromatic carbocycles. The van der Waals surface area contributed by atoms with Gasteiger partial charge in [-0.1, -0.05) is 0 Å². The van der Waals surface area contributed by atoms with Gasteiger partial charge < -0.3 is 27.0 Å². The van der Waals surface area contributed by atoms with Crippen LogP contribution < -0.4 is 22.3 Å². The number of rotatable bonds is 0. The molecule has 0 aliphatic carbocycles. The number of hydrogen-bond acceptors (Lipinski definition) is 1. The van der Waals surface area contributed by atoms with Crippen LogP contribution in [0.1, 0.15) is 0 Å². The summed E-state index contributed by atoms with van der Waals surface area (Å²) in [7, 11) is 0. The van der Waals surface area contributed by atoms with Crippen molar-refractivity contribution in [3.8, 4) is 0 Å². The lowest BCUT2D eigenvalue weighted by Crippen LogP contribution is -3.00. The van der Waals surface area contributed by atoms with Gasteiger partial charge in [-0.2, -0.15) is 0 Å². The van der Waals surface area contributed by atoms with E-state index in [1.807, 2.05) is 0 Å². The third-order valence-electron chi connectivity index (χ3n) is 0.933. The van der Waals surface area contributed by atoms with Gasteiger partial charge in [-0.05, 0) is 0 Å². The van der Waals surface area contributed by atoms with E-state index in [2.05, 4.69) is 5.32 Å². The number of hydrogen-bond donors (Lipinski definition) is 1. The number of morpholine rings is 1. The Hall–Kier alpha value is 0.400. The summed E-state index contributed by atoms with van der Waals surface area (Å²) in [6.45, 7) is 4.19. The fourth-order valence-corrected chi connectivity index (χ4v) is 0.580. The van der Waals surface area contributed by atoms with Gasteiger partial charge in [0.2, 0.25) is 0 Å². The highest BCUT2D eigenvalue weighted by atomic mass is 79.9. The van der Waals surface area contributed by atoms with Crippen molar-refractivity contribution in [1.29, 1.82) is 0 Å². The van der Waals surface area contributed by atoms with Gasteiger partial charge in [-0.15, -0.1) is 0 Å². The minimum atomic E-state index is 0. The monoisotopic (exact) mass is 167 g/mol. The van der Waals surface area contributed by atoms with Gasteiger partial charge in [0.25, 0.3) is 0 Å². The zero-order valence-electron chi connectivity index (χ0n) is 4.19. The van der Waals surface area contributed by atoms with Gasteiger partial charge >= 0.3 is 0 Å². The lowest BCUT2D eigenvalue weighted by Gasteiger charge is -2.07. The SMILES string of the molecule is C1COCC[NH2+]1.[Br-]. The minimum absolute atomic E-state index is 0. The molecule has 1 aliphatic rings. The van der Waals surface area contributed by atoms with Crippen LogP contribution in [-0.2, 0) is 4.74 Å². The van der Waals surface area contributed by atoms with Crippen molar-refractivity contribution in [1.82, 2.24) is 0 Å². The zero-order valence-corrected chi connectivity index (χ0v) is 5.78. The Kier molecular flexibility index (Phi) is 4.82. The summed E-state index contributed by atoms with van der Waals surface area (Å²) in [6, 6.07) is 0. The fourth-order valence-electron chi connectivity index (χ4n) is 0.580. The molecule has 1 heterocycles. The normalized spacial score (nSPS) is 20.6. The van der Waals surface area contributed by atoms with Gasteiger partial charge in [-0.25, -0.2) is 0 Å². The Morgan fingerprint density at radius 3 is 1.86 bits per heavy atom. The minimum Gasteiger partial charge on any atom is -1.00 e. The Morgan fingerprint density at radius 2 is 1.71 bits per heavy atom. The van der Waals surface area contributed by atoms with Crippen molar-refractivity contribution >= 4 is 0 Å². The molecule has 2 nitrogen and oxygen atoms in total. The van der Waals surface area contributed by atoms with Gasteiger partial charge in [0.15, 0.2) is 0 Å². The van der Waals surface area contributed by atoms with E-state index < -0.39 is 0 Å². The molecule has 0 aromatic heterocycles. The molecule has 1 saturated heterocycles. The Morgan fingerprint density at radius 1 is 1.14 bits per heavy atom. The summed E-state index contributed by atoms with van der Waals surface area (Å²) in [6.07, 6.45) is 0. The van der Waals surface area contributed by atoms with E-state index in [1.54, 1.807) is 0 Å². The molecule has 1 aliphatic heterocycles. The van der Waals surface area contributed by atoms with Crippen molar-refractivity contribution in [3.63, 3.8) is 0 Å². The number of quaternary nitrogens is 1. The second-order valence-electron chi connectivity index (χ2n) is 1.48.